The molecule has 8 heteroatoms. The first-order valence-electron chi connectivity index (χ1n) is 12.8. The van der Waals surface area contributed by atoms with Gasteiger partial charge in [0.2, 0.25) is 0 Å². The summed E-state index contributed by atoms with van der Waals surface area (Å²) in [5.74, 6) is 1.58. The van der Waals surface area contributed by atoms with Gasteiger partial charge in [0, 0.05) is 152 Å². The zero-order valence-electron chi connectivity index (χ0n) is 32.1. The topological polar surface area (TPSA) is 29.4 Å². The molecule has 0 aromatic carbocycles. The van der Waals surface area contributed by atoms with E-state index in [0.29, 0.717) is 0 Å². The van der Waals surface area contributed by atoms with Crippen molar-refractivity contribution in [2.45, 2.75) is 166 Å². The van der Waals surface area contributed by atoms with E-state index in [2.05, 4.69) is 97.5 Å². The molecule has 253 valence electrons. The van der Waals surface area contributed by atoms with Gasteiger partial charge in [0.25, 0.3) is 0 Å². The van der Waals surface area contributed by atoms with E-state index in [4.69, 9.17) is 0 Å². The molecule has 0 fully saturated rings. The summed E-state index contributed by atoms with van der Waals surface area (Å²) in [5, 5.41) is 0. The molecule has 0 bridgehead atoms. The van der Waals surface area contributed by atoms with Gasteiger partial charge in [0.15, 0.2) is 0 Å². The van der Waals surface area contributed by atoms with Gasteiger partial charge in [0.1, 0.15) is 5.78 Å². The van der Waals surface area contributed by atoms with E-state index in [-0.39, 0.29) is 160 Å². The Morgan fingerprint density at radius 1 is 0.605 bits per heavy atom. The predicted octanol–water partition coefficient (Wildman–Crippen LogP) is 13.3. The van der Waals surface area contributed by atoms with Gasteiger partial charge in [-0.25, -0.2) is 0 Å². The van der Waals surface area contributed by atoms with E-state index in [1.807, 2.05) is 69.2 Å². The number of aliphatic imine (C=N–C) groups is 1. The van der Waals surface area contributed by atoms with Crippen LogP contribution in [-0.2, 0) is 136 Å². The monoisotopic (exact) mass is 943 g/mol. The summed E-state index contributed by atoms with van der Waals surface area (Å²) in [6, 6.07) is 0. The van der Waals surface area contributed by atoms with Crippen molar-refractivity contribution in [3.8, 4) is 0 Å². The summed E-state index contributed by atoms with van der Waals surface area (Å²) in [4.78, 5) is 14.2. The summed E-state index contributed by atoms with van der Waals surface area (Å²) >= 11 is 4.54. The first kappa shape index (κ1) is 91.1. The molecule has 0 rings (SSSR count). The number of nitrogens with zero attached hydrogens (tertiary/aromatic N) is 1. The van der Waals surface area contributed by atoms with Gasteiger partial charge in [-0.15, -0.1) is 0 Å². The summed E-state index contributed by atoms with van der Waals surface area (Å²) in [5.41, 5.74) is 6.49. The molecule has 0 aromatic heterocycles. The summed E-state index contributed by atoms with van der Waals surface area (Å²) < 4.78 is 0. The molecule has 0 saturated heterocycles. The number of rotatable bonds is 0. The Morgan fingerprint density at radius 2 is 0.674 bits per heavy atom. The first-order chi connectivity index (χ1) is 16.4. The quantitative estimate of drug-likeness (QED) is 0.0796. The summed E-state index contributed by atoms with van der Waals surface area (Å²) in [6.45, 7) is 44.3. The van der Waals surface area contributed by atoms with Gasteiger partial charge < -0.3 is 22.9 Å². The first-order valence-corrected chi connectivity index (χ1v) is 16.2. The molecule has 0 aliphatic heterocycles. The second-order valence-corrected chi connectivity index (χ2v) is 14.3. The molecule has 0 aromatic rings. The van der Waals surface area contributed by atoms with Gasteiger partial charge in [-0.3, -0.25) is 16.1 Å². The Balaban J connectivity index is -0.0000000183. The molecular formula is C35H77NOSSiY4-3. The Kier molecular flexibility index (Phi) is 170. The molecule has 0 N–H and O–H groups in total. The number of allylic oxidation sites excluding steroid dienone is 6. The average molecular weight is 944 g/mol. The molecule has 2 nitrogen and oxygen atoms in total. The third-order valence-electron chi connectivity index (χ3n) is 2.45. The second-order valence-electron chi connectivity index (χ2n) is 10.5. The van der Waals surface area contributed by atoms with Crippen molar-refractivity contribution in [2.24, 2.45) is 4.99 Å². The largest absolute Gasteiger partial charge is 0.501 e. The van der Waals surface area contributed by atoms with E-state index >= 15 is 0 Å². The van der Waals surface area contributed by atoms with Crippen LogP contribution in [0.2, 0.25) is 19.6 Å². The molecule has 0 aliphatic carbocycles. The maximum atomic E-state index is 9.44. The molecule has 43 heavy (non-hydrogen) atoms. The van der Waals surface area contributed by atoms with Gasteiger partial charge >= 0.3 is 0 Å². The molecule has 0 amide bonds. The summed E-state index contributed by atoms with van der Waals surface area (Å²) in [7, 11) is 1.91. The fourth-order valence-corrected chi connectivity index (χ4v) is 0. The molecule has 0 aliphatic rings. The number of Topliss-reactive ketones (excluding diaryl/α,β-unsaturated/α-hetero) is 1. The van der Waals surface area contributed by atoms with Crippen molar-refractivity contribution in [1.29, 1.82) is 0 Å². The van der Waals surface area contributed by atoms with E-state index < -0.39 is 0 Å². The Hall–Kier alpha value is 3.28. The van der Waals surface area contributed by atoms with Gasteiger partial charge in [-0.05, 0) is 74.1 Å². The number of carbonyl (C=O) groups excluding carboxylic acids is 1. The smallest absolute Gasteiger partial charge is 0.126 e. The van der Waals surface area contributed by atoms with Crippen molar-refractivity contribution in [1.82, 2.24) is 0 Å². The molecule has 0 spiro atoms. The zero-order chi connectivity index (χ0) is 32.3. The fraction of sp³-hybridized carbons (Fsp3) is 0.714. The number of hydrogen-bond donors (Lipinski definition) is 0. The van der Waals surface area contributed by atoms with Crippen LogP contribution < -0.4 is 0 Å². The van der Waals surface area contributed by atoms with E-state index in [0.717, 1.165) is 10.6 Å². The van der Waals surface area contributed by atoms with Crippen molar-refractivity contribution >= 4 is 37.4 Å². The van der Waals surface area contributed by atoms with Crippen LogP contribution in [0.4, 0.5) is 0 Å². The second kappa shape index (κ2) is 80.2. The standard InChI is InChI=1S/C6H12.2C5H9.C4H9N.C4H9.C3H6O.C3H6S.C3H9Si.2CH4.4Y/c1-5(2)6(3)4;2*1-4-5(2)3;1-4(2)5-3;1-4(2)3;2*1-3(2)4;1-4(2)3;;;;;;/h1-4H3;3*1-3H3;1-3H3;2*1-2H3;1-3H3;2*1H4;;;;/q;2*-1;;-1;;;;;;;;;. The minimum atomic E-state index is 0. The van der Waals surface area contributed by atoms with E-state index in [1.165, 1.54) is 42.1 Å². The van der Waals surface area contributed by atoms with Gasteiger partial charge in [-0.2, -0.15) is 34.6 Å². The predicted molar refractivity (Wildman–Crippen MR) is 199 cm³/mol. The number of ketones is 1. The molecule has 0 unspecified atom stereocenters. The van der Waals surface area contributed by atoms with Gasteiger partial charge in [0.05, 0.1) is 0 Å². The number of thiocarbonyl (C=S) groups is 1. The van der Waals surface area contributed by atoms with E-state index in [9.17, 15) is 4.79 Å². The van der Waals surface area contributed by atoms with Crippen molar-refractivity contribution < 1.29 is 136 Å². The zero-order valence-corrected chi connectivity index (χ0v) is 45.2. The molecule has 0 heterocycles. The Bertz CT molecular complexity index is 515. The molecular weight excluding hydrogens is 866 g/mol. The summed E-state index contributed by atoms with van der Waals surface area (Å²) in [6.07, 6.45) is 5.89. The van der Waals surface area contributed by atoms with Crippen molar-refractivity contribution in [3.63, 3.8) is 0 Å². The maximum absolute atomic E-state index is 9.44. The molecule has 0 atom stereocenters. The van der Waals surface area contributed by atoms with Crippen LogP contribution in [-0.4, -0.2) is 32.2 Å². The Labute approximate surface area is 385 Å². The molecule has 0 saturated carbocycles. The van der Waals surface area contributed by atoms with Crippen LogP contribution in [0, 0.1) is 18.1 Å². The van der Waals surface area contributed by atoms with Crippen LogP contribution in [0.3, 0.4) is 0 Å². The van der Waals surface area contributed by atoms with Crippen molar-refractivity contribution in [3.05, 3.63) is 40.4 Å². The third-order valence-corrected chi connectivity index (χ3v) is 2.45. The van der Waals surface area contributed by atoms with Crippen LogP contribution in [0.15, 0.2) is 27.3 Å². The maximum Gasteiger partial charge on any atom is 0.126 e. The van der Waals surface area contributed by atoms with Crippen LogP contribution in [0.5, 0.6) is 0 Å². The van der Waals surface area contributed by atoms with Crippen molar-refractivity contribution in [2.75, 3.05) is 7.05 Å². The van der Waals surface area contributed by atoms with Crippen LogP contribution in [0.25, 0.3) is 0 Å². The number of carbonyl (C=O) groups is 1. The van der Waals surface area contributed by atoms with Crippen LogP contribution >= 0.6 is 12.2 Å². The van der Waals surface area contributed by atoms with Gasteiger partial charge in [-0.1, -0.05) is 85.6 Å². The minimum absolute atomic E-state index is 0. The minimum Gasteiger partial charge on any atom is -0.501 e. The normalized spacial score (nSPS) is 6.44. The molecule has 5 radical (unpaired) electrons. The average Bonchev–Trinajstić information content (AvgIpc) is 2.67. The Morgan fingerprint density at radius 3 is 0.674 bits per heavy atom. The third kappa shape index (κ3) is 481. The SMILES string of the molecule is C.C.CC(C)=C(C)C.CC(C)=O.CC(C)=S.CN=C(C)C.C[C-](C)C.C[C-]=C(C)C.C[C-]=C(C)C.C[Si](C)C.[Y].[Y].[Y].[Y]. The van der Waals surface area contributed by atoms with E-state index in [1.54, 1.807) is 7.05 Å². The number of hydrogen-bond acceptors (Lipinski definition) is 3. The van der Waals surface area contributed by atoms with Crippen LogP contribution in [0.1, 0.15) is 146 Å². The fourth-order valence-electron chi connectivity index (χ4n) is 0.